The number of benzene rings is 2. The van der Waals surface area contributed by atoms with Crippen LogP contribution < -0.4 is 16.6 Å². The van der Waals surface area contributed by atoms with E-state index in [1.807, 2.05) is 60.7 Å². The van der Waals surface area contributed by atoms with Crippen LogP contribution in [0, 0.1) is 5.41 Å². The summed E-state index contributed by atoms with van der Waals surface area (Å²) >= 11 is 6.56. The molecule has 5 N–H and O–H groups in total. The quantitative estimate of drug-likeness (QED) is 0.374. The van der Waals surface area contributed by atoms with E-state index in [9.17, 15) is 0 Å². The van der Waals surface area contributed by atoms with Gasteiger partial charge in [0.15, 0.2) is 0 Å². The minimum absolute atomic E-state index is 0.268. The first-order valence-corrected chi connectivity index (χ1v) is 7.51. The topological polar surface area (TPSA) is 73.9 Å². The van der Waals surface area contributed by atoms with E-state index in [0.29, 0.717) is 16.3 Å². The van der Waals surface area contributed by atoms with E-state index in [-0.39, 0.29) is 5.71 Å². The molecule has 0 aliphatic rings. The first kappa shape index (κ1) is 16.8. The van der Waals surface area contributed by atoms with Crippen molar-refractivity contribution in [2.75, 3.05) is 7.05 Å². The lowest BCUT2D eigenvalue weighted by molar-refractivity contribution is 0.747. The molecule has 4 nitrogen and oxygen atoms in total. The summed E-state index contributed by atoms with van der Waals surface area (Å²) in [6, 6.07) is 19.0. The third-order valence-corrected chi connectivity index (χ3v) is 3.66. The van der Waals surface area contributed by atoms with Crippen LogP contribution in [-0.4, -0.2) is 12.8 Å². The standard InChI is InChI=1S/C18H19ClN4/c1-22-23-18(14-10-6-3-7-11-14)16(19)15(12-20)17(21)13-8-4-2-5-9-13/h2-12,21-23H,20H2,1H3/b15-12+,18-16+,21-17?. The Labute approximate surface area is 141 Å². The van der Waals surface area contributed by atoms with Crippen molar-refractivity contribution >= 4 is 23.0 Å². The summed E-state index contributed by atoms with van der Waals surface area (Å²) in [4.78, 5) is 0. The molecular formula is C18H19ClN4. The van der Waals surface area contributed by atoms with E-state index in [0.717, 1.165) is 11.1 Å². The Bertz CT molecular complexity index is 721. The smallest absolute Gasteiger partial charge is 0.0765 e. The molecule has 23 heavy (non-hydrogen) atoms. The minimum Gasteiger partial charge on any atom is -0.404 e. The molecule has 0 amide bonds. The Kier molecular flexibility index (Phi) is 5.97. The maximum absolute atomic E-state index is 8.39. The molecule has 118 valence electrons. The van der Waals surface area contributed by atoms with Crippen LogP contribution in [0.5, 0.6) is 0 Å². The lowest BCUT2D eigenvalue weighted by Gasteiger charge is -2.16. The van der Waals surface area contributed by atoms with Gasteiger partial charge in [0, 0.05) is 29.9 Å². The van der Waals surface area contributed by atoms with E-state index in [1.165, 1.54) is 6.20 Å². The van der Waals surface area contributed by atoms with Gasteiger partial charge in [-0.1, -0.05) is 72.3 Å². The molecular weight excluding hydrogens is 308 g/mol. The van der Waals surface area contributed by atoms with Crippen LogP contribution in [-0.2, 0) is 0 Å². The molecule has 2 rings (SSSR count). The number of rotatable bonds is 6. The summed E-state index contributed by atoms with van der Waals surface area (Å²) in [7, 11) is 1.75. The Morgan fingerprint density at radius 3 is 2.00 bits per heavy atom. The van der Waals surface area contributed by atoms with Crippen LogP contribution in [0.2, 0.25) is 0 Å². The first-order chi connectivity index (χ1) is 11.2. The Balaban J connectivity index is 2.47. The number of hydrogen-bond donors (Lipinski definition) is 4. The Morgan fingerprint density at radius 1 is 1.00 bits per heavy atom. The molecule has 5 heteroatoms. The monoisotopic (exact) mass is 326 g/mol. The van der Waals surface area contributed by atoms with Gasteiger partial charge in [0.05, 0.1) is 16.4 Å². The highest BCUT2D eigenvalue weighted by Crippen LogP contribution is 2.26. The molecule has 2 aromatic rings. The predicted molar refractivity (Wildman–Crippen MR) is 97.0 cm³/mol. The second-order valence-electron chi connectivity index (χ2n) is 4.75. The number of halogens is 1. The van der Waals surface area contributed by atoms with Crippen LogP contribution in [0.4, 0.5) is 0 Å². The van der Waals surface area contributed by atoms with E-state index >= 15 is 0 Å². The molecule has 0 unspecified atom stereocenters. The molecule has 0 aromatic heterocycles. The van der Waals surface area contributed by atoms with Crippen molar-refractivity contribution in [1.82, 2.24) is 10.9 Å². The zero-order valence-electron chi connectivity index (χ0n) is 12.8. The van der Waals surface area contributed by atoms with Gasteiger partial charge in [-0.2, -0.15) is 0 Å². The van der Waals surface area contributed by atoms with Crippen LogP contribution in [0.25, 0.3) is 5.70 Å². The lowest BCUT2D eigenvalue weighted by atomic mass is 10.0. The van der Waals surface area contributed by atoms with Crippen molar-refractivity contribution in [3.05, 3.63) is 88.6 Å². The molecule has 0 spiro atoms. The van der Waals surface area contributed by atoms with Crippen molar-refractivity contribution in [2.45, 2.75) is 0 Å². The maximum Gasteiger partial charge on any atom is 0.0765 e. The summed E-state index contributed by atoms with van der Waals surface area (Å²) < 4.78 is 0. The van der Waals surface area contributed by atoms with E-state index in [1.54, 1.807) is 7.05 Å². The minimum atomic E-state index is 0.268. The summed E-state index contributed by atoms with van der Waals surface area (Å²) in [6.07, 6.45) is 1.36. The van der Waals surface area contributed by atoms with Gasteiger partial charge in [0.1, 0.15) is 0 Å². The highest BCUT2D eigenvalue weighted by molar-refractivity contribution is 6.39. The van der Waals surface area contributed by atoms with Gasteiger partial charge in [-0.25, -0.2) is 5.43 Å². The molecule has 0 fully saturated rings. The van der Waals surface area contributed by atoms with Crippen LogP contribution >= 0.6 is 11.6 Å². The molecule has 0 saturated heterocycles. The van der Waals surface area contributed by atoms with Crippen molar-refractivity contribution < 1.29 is 0 Å². The van der Waals surface area contributed by atoms with Gasteiger partial charge >= 0.3 is 0 Å². The molecule has 0 atom stereocenters. The summed E-state index contributed by atoms with van der Waals surface area (Å²) in [5.41, 5.74) is 14.7. The van der Waals surface area contributed by atoms with Crippen molar-refractivity contribution in [3.8, 4) is 0 Å². The van der Waals surface area contributed by atoms with Crippen LogP contribution in [0.3, 0.4) is 0 Å². The average molecular weight is 327 g/mol. The van der Waals surface area contributed by atoms with Gasteiger partial charge in [0.25, 0.3) is 0 Å². The number of hydrogen-bond acceptors (Lipinski definition) is 4. The van der Waals surface area contributed by atoms with Gasteiger partial charge < -0.3 is 11.2 Å². The highest BCUT2D eigenvalue weighted by atomic mass is 35.5. The highest BCUT2D eigenvalue weighted by Gasteiger charge is 2.16. The van der Waals surface area contributed by atoms with Gasteiger partial charge in [-0.3, -0.25) is 5.41 Å². The number of hydrazine groups is 1. The fourth-order valence-corrected chi connectivity index (χ4v) is 2.46. The summed E-state index contributed by atoms with van der Waals surface area (Å²) in [5, 5.41) is 8.77. The van der Waals surface area contributed by atoms with Crippen LogP contribution in [0.15, 0.2) is 77.5 Å². The number of nitrogens with two attached hydrogens (primary N) is 1. The zero-order valence-corrected chi connectivity index (χ0v) is 13.6. The van der Waals surface area contributed by atoms with Gasteiger partial charge in [-0.15, -0.1) is 0 Å². The zero-order chi connectivity index (χ0) is 16.7. The molecule has 0 aliphatic carbocycles. The third-order valence-electron chi connectivity index (χ3n) is 3.27. The third kappa shape index (κ3) is 4.00. The van der Waals surface area contributed by atoms with Crippen LogP contribution in [0.1, 0.15) is 11.1 Å². The molecule has 0 radical (unpaired) electrons. The largest absolute Gasteiger partial charge is 0.404 e. The molecule has 0 aliphatic heterocycles. The maximum atomic E-state index is 8.39. The fraction of sp³-hybridized carbons (Fsp3) is 0.0556. The molecule has 0 saturated carbocycles. The van der Waals surface area contributed by atoms with Gasteiger partial charge in [-0.05, 0) is 0 Å². The second kappa shape index (κ2) is 8.17. The fourth-order valence-electron chi connectivity index (χ4n) is 2.14. The Morgan fingerprint density at radius 2 is 1.52 bits per heavy atom. The van der Waals surface area contributed by atoms with E-state index in [4.69, 9.17) is 22.7 Å². The second-order valence-corrected chi connectivity index (χ2v) is 5.13. The van der Waals surface area contributed by atoms with Gasteiger partial charge in [0.2, 0.25) is 0 Å². The SMILES string of the molecule is CNN/C(=C(Cl)\C(=C/N)C(=N)c1ccccc1)c1ccccc1. The average Bonchev–Trinajstić information content (AvgIpc) is 2.61. The summed E-state index contributed by atoms with van der Waals surface area (Å²) in [6.45, 7) is 0. The van der Waals surface area contributed by atoms with E-state index < -0.39 is 0 Å². The molecule has 0 heterocycles. The van der Waals surface area contributed by atoms with Crippen molar-refractivity contribution in [2.24, 2.45) is 5.73 Å². The normalized spacial score (nSPS) is 12.5. The summed E-state index contributed by atoms with van der Waals surface area (Å²) in [5.74, 6) is 0. The molecule has 0 bridgehead atoms. The Hall–Kier alpha value is -2.56. The molecule has 2 aromatic carbocycles. The van der Waals surface area contributed by atoms with Crippen molar-refractivity contribution in [1.29, 1.82) is 5.41 Å². The number of allylic oxidation sites excluding steroid dienone is 2. The van der Waals surface area contributed by atoms with E-state index in [2.05, 4.69) is 10.9 Å². The number of nitrogens with one attached hydrogen (secondary N) is 3. The lowest BCUT2D eigenvalue weighted by Crippen LogP contribution is -2.27. The predicted octanol–water partition coefficient (Wildman–Crippen LogP) is 3.23. The first-order valence-electron chi connectivity index (χ1n) is 7.13. The van der Waals surface area contributed by atoms with Crippen molar-refractivity contribution in [3.63, 3.8) is 0 Å².